The molecule has 1 N–H and O–H groups in total. The molecule has 2 aliphatic rings. The standard InChI is InChI=1S/C13H23NO5S/c1-12(2,3)10-13(8-14(10)11(15)16)6-5-9(7-13)19-20(4,17)18/h9-10H,5-8H2,1-4H3,(H,15,16)/t9-,10?,13?/m0/s1. The van der Waals surface area contributed by atoms with E-state index in [0.717, 1.165) is 12.7 Å². The minimum atomic E-state index is -3.45. The van der Waals surface area contributed by atoms with Crippen LogP contribution in [0.1, 0.15) is 40.0 Å². The van der Waals surface area contributed by atoms with Crippen molar-refractivity contribution in [3.05, 3.63) is 0 Å². The van der Waals surface area contributed by atoms with Crippen LogP contribution in [-0.2, 0) is 14.3 Å². The topological polar surface area (TPSA) is 83.9 Å². The normalized spacial score (nSPS) is 34.3. The number of hydrogen-bond acceptors (Lipinski definition) is 4. The zero-order chi connectivity index (χ0) is 15.3. The molecule has 20 heavy (non-hydrogen) atoms. The van der Waals surface area contributed by atoms with Crippen LogP contribution in [0.15, 0.2) is 0 Å². The van der Waals surface area contributed by atoms with E-state index in [2.05, 4.69) is 0 Å². The summed E-state index contributed by atoms with van der Waals surface area (Å²) in [4.78, 5) is 12.8. The van der Waals surface area contributed by atoms with Gasteiger partial charge in [0.05, 0.1) is 12.4 Å². The van der Waals surface area contributed by atoms with Crippen molar-refractivity contribution in [2.45, 2.75) is 52.2 Å². The molecule has 7 heteroatoms. The molecule has 1 saturated carbocycles. The van der Waals surface area contributed by atoms with Crippen molar-refractivity contribution in [1.29, 1.82) is 0 Å². The van der Waals surface area contributed by atoms with Crippen LogP contribution in [0.5, 0.6) is 0 Å². The Bertz CT molecular complexity index is 509. The summed E-state index contributed by atoms with van der Waals surface area (Å²) in [6.07, 6.45) is 1.95. The Morgan fingerprint density at radius 2 is 2.00 bits per heavy atom. The van der Waals surface area contributed by atoms with Gasteiger partial charge in [0.1, 0.15) is 0 Å². The fourth-order valence-electron chi connectivity index (χ4n) is 4.13. The van der Waals surface area contributed by atoms with Crippen LogP contribution in [0, 0.1) is 10.8 Å². The lowest BCUT2D eigenvalue weighted by atomic mass is 9.61. The lowest BCUT2D eigenvalue weighted by molar-refractivity contribution is -0.107. The van der Waals surface area contributed by atoms with Gasteiger partial charge in [0.2, 0.25) is 0 Å². The van der Waals surface area contributed by atoms with Crippen molar-refractivity contribution >= 4 is 16.2 Å². The molecule has 1 saturated heterocycles. The quantitative estimate of drug-likeness (QED) is 0.788. The van der Waals surface area contributed by atoms with Crippen molar-refractivity contribution in [1.82, 2.24) is 4.90 Å². The van der Waals surface area contributed by atoms with Gasteiger partial charge in [0.25, 0.3) is 10.1 Å². The molecule has 1 heterocycles. The third-order valence-corrected chi connectivity index (χ3v) is 4.97. The van der Waals surface area contributed by atoms with E-state index in [9.17, 15) is 18.3 Å². The highest BCUT2D eigenvalue weighted by Crippen LogP contribution is 2.56. The maximum absolute atomic E-state index is 11.3. The highest BCUT2D eigenvalue weighted by Gasteiger charge is 2.61. The first kappa shape index (κ1) is 15.6. The second kappa shape index (κ2) is 4.59. The van der Waals surface area contributed by atoms with Crippen molar-refractivity contribution in [2.75, 3.05) is 12.8 Å². The smallest absolute Gasteiger partial charge is 0.407 e. The molecule has 0 radical (unpaired) electrons. The molecule has 1 amide bonds. The molecule has 2 fully saturated rings. The van der Waals surface area contributed by atoms with Gasteiger partial charge in [0, 0.05) is 18.0 Å². The predicted octanol–water partition coefficient (Wildman–Crippen LogP) is 1.91. The largest absolute Gasteiger partial charge is 0.465 e. The van der Waals surface area contributed by atoms with Gasteiger partial charge in [-0.05, 0) is 24.7 Å². The fourth-order valence-corrected chi connectivity index (χ4v) is 4.79. The number of nitrogens with zero attached hydrogens (tertiary/aromatic N) is 1. The van der Waals surface area contributed by atoms with Gasteiger partial charge >= 0.3 is 6.09 Å². The molecule has 2 unspecified atom stereocenters. The van der Waals surface area contributed by atoms with Crippen molar-refractivity contribution < 1.29 is 22.5 Å². The number of amides is 1. The molecule has 2 rings (SSSR count). The average Bonchev–Trinajstić information content (AvgIpc) is 2.54. The summed E-state index contributed by atoms with van der Waals surface area (Å²) in [5.74, 6) is 0. The molecule has 1 spiro atoms. The SMILES string of the molecule is CC(C)(C)C1N(C(=O)O)CC12CC[C@H](OS(C)(=O)=O)C2. The fraction of sp³-hybridized carbons (Fsp3) is 0.923. The molecule has 1 aliphatic carbocycles. The summed E-state index contributed by atoms with van der Waals surface area (Å²) in [6, 6.07) is -0.0827. The zero-order valence-electron chi connectivity index (χ0n) is 12.4. The van der Waals surface area contributed by atoms with Crippen LogP contribution >= 0.6 is 0 Å². The second-order valence-corrected chi connectivity index (χ2v) is 8.81. The van der Waals surface area contributed by atoms with E-state index in [1.807, 2.05) is 20.8 Å². The number of hydrogen-bond donors (Lipinski definition) is 1. The lowest BCUT2D eigenvalue weighted by Gasteiger charge is -2.60. The van der Waals surface area contributed by atoms with Gasteiger partial charge in [-0.1, -0.05) is 20.8 Å². The van der Waals surface area contributed by atoms with E-state index in [1.54, 1.807) is 0 Å². The minimum absolute atomic E-state index is 0.0827. The lowest BCUT2D eigenvalue weighted by Crippen LogP contribution is -2.69. The van der Waals surface area contributed by atoms with Gasteiger partial charge in [0.15, 0.2) is 0 Å². The van der Waals surface area contributed by atoms with Gasteiger partial charge in [-0.3, -0.25) is 4.18 Å². The molecule has 0 aromatic rings. The molecule has 6 nitrogen and oxygen atoms in total. The Morgan fingerprint density at radius 3 is 2.45 bits per heavy atom. The Kier molecular flexibility index (Phi) is 3.57. The van der Waals surface area contributed by atoms with E-state index in [4.69, 9.17) is 4.18 Å². The number of carboxylic acid groups (broad SMARTS) is 1. The van der Waals surface area contributed by atoms with Crippen LogP contribution in [0.25, 0.3) is 0 Å². The van der Waals surface area contributed by atoms with Crippen molar-refractivity contribution in [3.8, 4) is 0 Å². The number of carbonyl (C=O) groups is 1. The van der Waals surface area contributed by atoms with Gasteiger partial charge in [-0.25, -0.2) is 4.79 Å². The molecule has 0 aromatic carbocycles. The first-order valence-corrected chi connectivity index (χ1v) is 8.64. The number of rotatable bonds is 2. The average molecular weight is 305 g/mol. The maximum atomic E-state index is 11.3. The molecular formula is C13H23NO5S. The maximum Gasteiger partial charge on any atom is 0.407 e. The Morgan fingerprint density at radius 1 is 1.40 bits per heavy atom. The summed E-state index contributed by atoms with van der Waals surface area (Å²) in [5.41, 5.74) is -0.303. The zero-order valence-corrected chi connectivity index (χ0v) is 13.2. The highest BCUT2D eigenvalue weighted by molar-refractivity contribution is 7.86. The third kappa shape index (κ3) is 2.79. The number of likely N-dealkylation sites (tertiary alicyclic amines) is 1. The summed E-state index contributed by atoms with van der Waals surface area (Å²) >= 11 is 0. The molecule has 116 valence electrons. The van der Waals surface area contributed by atoms with Crippen LogP contribution in [0.4, 0.5) is 4.79 Å². The van der Waals surface area contributed by atoms with Crippen molar-refractivity contribution in [2.24, 2.45) is 10.8 Å². The van der Waals surface area contributed by atoms with Gasteiger partial charge in [-0.2, -0.15) is 8.42 Å². The van der Waals surface area contributed by atoms with Crippen molar-refractivity contribution in [3.63, 3.8) is 0 Å². The Hall–Kier alpha value is -0.820. The Balaban J connectivity index is 2.15. The second-order valence-electron chi connectivity index (χ2n) is 7.21. The van der Waals surface area contributed by atoms with E-state index in [0.29, 0.717) is 19.4 Å². The van der Waals surface area contributed by atoms with Crippen LogP contribution in [0.2, 0.25) is 0 Å². The van der Waals surface area contributed by atoms with E-state index >= 15 is 0 Å². The summed E-state index contributed by atoms with van der Waals surface area (Å²) < 4.78 is 27.6. The molecule has 1 aliphatic heterocycles. The Labute approximate surface area is 120 Å². The summed E-state index contributed by atoms with van der Waals surface area (Å²) in [5, 5.41) is 9.26. The van der Waals surface area contributed by atoms with E-state index in [-0.39, 0.29) is 23.0 Å². The van der Waals surface area contributed by atoms with E-state index in [1.165, 1.54) is 4.90 Å². The third-order valence-electron chi connectivity index (χ3n) is 4.35. The highest BCUT2D eigenvalue weighted by atomic mass is 32.2. The summed E-state index contributed by atoms with van der Waals surface area (Å²) in [6.45, 7) is 6.56. The molecule has 3 atom stereocenters. The molecular weight excluding hydrogens is 282 g/mol. The van der Waals surface area contributed by atoms with Crippen LogP contribution in [-0.4, -0.2) is 49.5 Å². The summed E-state index contributed by atoms with van der Waals surface area (Å²) in [7, 11) is -3.45. The van der Waals surface area contributed by atoms with E-state index < -0.39 is 16.2 Å². The van der Waals surface area contributed by atoms with Gasteiger partial charge in [-0.15, -0.1) is 0 Å². The van der Waals surface area contributed by atoms with Crippen LogP contribution < -0.4 is 0 Å². The molecule has 0 bridgehead atoms. The van der Waals surface area contributed by atoms with Gasteiger partial charge < -0.3 is 10.0 Å². The van der Waals surface area contributed by atoms with Crippen LogP contribution in [0.3, 0.4) is 0 Å². The monoisotopic (exact) mass is 305 g/mol. The predicted molar refractivity (Wildman–Crippen MR) is 74.0 cm³/mol. The molecule has 0 aromatic heterocycles. The first-order chi connectivity index (χ1) is 8.95. The minimum Gasteiger partial charge on any atom is -0.465 e. The first-order valence-electron chi connectivity index (χ1n) is 6.82.